The number of hydrogen-bond acceptors (Lipinski definition) is 4. The van der Waals surface area contributed by atoms with Crippen LogP contribution in [0, 0.1) is 0 Å². The molecule has 19 heavy (non-hydrogen) atoms. The summed E-state index contributed by atoms with van der Waals surface area (Å²) in [7, 11) is -3.64. The van der Waals surface area contributed by atoms with Gasteiger partial charge >= 0.3 is 0 Å². The van der Waals surface area contributed by atoms with Gasteiger partial charge < -0.3 is 5.73 Å². The highest BCUT2D eigenvalue weighted by molar-refractivity contribution is 9.10. The minimum atomic E-state index is -3.64. The number of nitrogens with zero attached hydrogens (tertiary/aromatic N) is 1. The van der Waals surface area contributed by atoms with Gasteiger partial charge in [0, 0.05) is 23.4 Å². The van der Waals surface area contributed by atoms with Crippen LogP contribution >= 0.6 is 15.9 Å². The molecule has 0 amide bonds. The standard InChI is InChI=1S/C12H12BrN3O2S/c13-10-3-4-11(14)12(6-10)19(17,18)16-8-9-2-1-5-15-7-9/h1-7,16H,8,14H2. The molecule has 0 bridgehead atoms. The third-order valence-electron chi connectivity index (χ3n) is 2.45. The summed E-state index contributed by atoms with van der Waals surface area (Å²) in [5.74, 6) is 0. The summed E-state index contributed by atoms with van der Waals surface area (Å²) in [5, 5.41) is 0. The highest BCUT2D eigenvalue weighted by Gasteiger charge is 2.17. The molecular weight excluding hydrogens is 330 g/mol. The summed E-state index contributed by atoms with van der Waals surface area (Å²) in [6.07, 6.45) is 3.23. The average molecular weight is 342 g/mol. The first-order chi connectivity index (χ1) is 8.99. The number of anilines is 1. The van der Waals surface area contributed by atoms with Gasteiger partial charge in [-0.05, 0) is 29.8 Å². The molecule has 0 unspecified atom stereocenters. The van der Waals surface area contributed by atoms with Gasteiger partial charge in [0.25, 0.3) is 0 Å². The number of nitrogen functional groups attached to an aromatic ring is 1. The molecule has 0 spiro atoms. The molecule has 0 radical (unpaired) electrons. The lowest BCUT2D eigenvalue weighted by molar-refractivity contribution is 0.581. The number of nitrogens with two attached hydrogens (primary N) is 1. The Kier molecular flexibility index (Phi) is 4.18. The predicted octanol–water partition coefficient (Wildman–Crippen LogP) is 1.90. The van der Waals surface area contributed by atoms with E-state index in [1.165, 1.54) is 6.07 Å². The van der Waals surface area contributed by atoms with Crippen LogP contribution in [-0.2, 0) is 16.6 Å². The summed E-state index contributed by atoms with van der Waals surface area (Å²) >= 11 is 3.23. The van der Waals surface area contributed by atoms with Gasteiger partial charge in [-0.25, -0.2) is 13.1 Å². The first-order valence-corrected chi connectivity index (χ1v) is 7.70. The molecule has 0 saturated carbocycles. The zero-order chi connectivity index (χ0) is 13.9. The third-order valence-corrected chi connectivity index (χ3v) is 4.40. The predicted molar refractivity (Wildman–Crippen MR) is 76.8 cm³/mol. The van der Waals surface area contributed by atoms with Crippen molar-refractivity contribution in [3.63, 3.8) is 0 Å². The zero-order valence-corrected chi connectivity index (χ0v) is 12.3. The molecule has 0 aliphatic rings. The largest absolute Gasteiger partial charge is 0.398 e. The molecule has 7 heteroatoms. The third kappa shape index (κ3) is 3.52. The van der Waals surface area contributed by atoms with Crippen LogP contribution in [0.1, 0.15) is 5.56 Å². The van der Waals surface area contributed by atoms with Crippen LogP contribution in [0.25, 0.3) is 0 Å². The van der Waals surface area contributed by atoms with Gasteiger partial charge in [0.15, 0.2) is 0 Å². The molecule has 2 rings (SSSR count). The number of aromatic nitrogens is 1. The van der Waals surface area contributed by atoms with Crippen molar-refractivity contribution in [2.24, 2.45) is 0 Å². The van der Waals surface area contributed by atoms with E-state index in [0.29, 0.717) is 4.47 Å². The van der Waals surface area contributed by atoms with Gasteiger partial charge in [-0.3, -0.25) is 4.98 Å². The Hall–Kier alpha value is -1.44. The average Bonchev–Trinajstić information content (AvgIpc) is 2.40. The van der Waals surface area contributed by atoms with E-state index in [0.717, 1.165) is 5.56 Å². The van der Waals surface area contributed by atoms with E-state index >= 15 is 0 Å². The molecule has 1 heterocycles. The minimum Gasteiger partial charge on any atom is -0.398 e. The molecule has 2 aromatic rings. The van der Waals surface area contributed by atoms with E-state index < -0.39 is 10.0 Å². The van der Waals surface area contributed by atoms with E-state index in [1.807, 2.05) is 0 Å². The number of sulfonamides is 1. The van der Waals surface area contributed by atoms with Gasteiger partial charge in [-0.1, -0.05) is 22.0 Å². The van der Waals surface area contributed by atoms with Crippen LogP contribution in [0.5, 0.6) is 0 Å². The summed E-state index contributed by atoms with van der Waals surface area (Å²) in [6, 6.07) is 8.25. The summed E-state index contributed by atoms with van der Waals surface area (Å²) in [6.45, 7) is 0.169. The van der Waals surface area contributed by atoms with Crippen molar-refractivity contribution < 1.29 is 8.42 Å². The first-order valence-electron chi connectivity index (χ1n) is 5.42. The summed E-state index contributed by atoms with van der Waals surface area (Å²) in [5.41, 5.74) is 6.68. The van der Waals surface area contributed by atoms with E-state index in [1.54, 1.807) is 36.7 Å². The van der Waals surface area contributed by atoms with Crippen LogP contribution < -0.4 is 10.5 Å². The van der Waals surface area contributed by atoms with Crippen LogP contribution in [0.15, 0.2) is 52.1 Å². The van der Waals surface area contributed by atoms with Gasteiger partial charge in [-0.2, -0.15) is 0 Å². The maximum absolute atomic E-state index is 12.1. The van der Waals surface area contributed by atoms with Crippen LogP contribution in [0.3, 0.4) is 0 Å². The first kappa shape index (κ1) is 14.0. The summed E-state index contributed by atoms with van der Waals surface area (Å²) in [4.78, 5) is 3.98. The Bertz CT molecular complexity index is 675. The molecule has 0 aliphatic heterocycles. The SMILES string of the molecule is Nc1ccc(Br)cc1S(=O)(=O)NCc1cccnc1. The molecule has 0 atom stereocenters. The van der Waals surface area contributed by atoms with Crippen LogP contribution in [-0.4, -0.2) is 13.4 Å². The van der Waals surface area contributed by atoms with Crippen LogP contribution in [0.2, 0.25) is 0 Å². The van der Waals surface area contributed by atoms with Gasteiger partial charge in [0.05, 0.1) is 5.69 Å². The molecule has 0 saturated heterocycles. The van der Waals surface area contributed by atoms with Crippen molar-refractivity contribution in [1.29, 1.82) is 0 Å². The van der Waals surface area contributed by atoms with Crippen molar-refractivity contribution in [2.45, 2.75) is 11.4 Å². The van der Waals surface area contributed by atoms with Crippen LogP contribution in [0.4, 0.5) is 5.69 Å². The number of pyridine rings is 1. The number of benzene rings is 1. The molecule has 100 valence electrons. The van der Waals surface area contributed by atoms with Gasteiger partial charge in [-0.15, -0.1) is 0 Å². The second kappa shape index (κ2) is 5.68. The highest BCUT2D eigenvalue weighted by Crippen LogP contribution is 2.22. The Morgan fingerprint density at radius 3 is 2.79 bits per heavy atom. The molecule has 0 fully saturated rings. The Balaban J connectivity index is 2.21. The Labute approximate surface area is 120 Å². The number of halogens is 1. The van der Waals surface area contributed by atoms with E-state index in [2.05, 4.69) is 25.6 Å². The molecule has 1 aromatic heterocycles. The number of hydrogen-bond donors (Lipinski definition) is 2. The van der Waals surface area contributed by atoms with Gasteiger partial charge in [0.2, 0.25) is 10.0 Å². The quantitative estimate of drug-likeness (QED) is 0.831. The van der Waals surface area contributed by atoms with Crippen molar-refractivity contribution in [2.75, 3.05) is 5.73 Å². The highest BCUT2D eigenvalue weighted by atomic mass is 79.9. The fourth-order valence-corrected chi connectivity index (χ4v) is 3.18. The summed E-state index contributed by atoms with van der Waals surface area (Å²) < 4.78 is 27.4. The lowest BCUT2D eigenvalue weighted by Crippen LogP contribution is -2.24. The molecule has 5 nitrogen and oxygen atoms in total. The van der Waals surface area contributed by atoms with E-state index in [9.17, 15) is 8.42 Å². The van der Waals surface area contributed by atoms with E-state index in [-0.39, 0.29) is 17.1 Å². The molecule has 0 aliphatic carbocycles. The maximum Gasteiger partial charge on any atom is 0.242 e. The van der Waals surface area contributed by atoms with Crippen molar-refractivity contribution in [3.05, 3.63) is 52.8 Å². The molecule has 1 aromatic carbocycles. The van der Waals surface area contributed by atoms with E-state index in [4.69, 9.17) is 5.73 Å². The Morgan fingerprint density at radius 2 is 2.11 bits per heavy atom. The lowest BCUT2D eigenvalue weighted by atomic mass is 10.3. The Morgan fingerprint density at radius 1 is 1.32 bits per heavy atom. The number of nitrogens with one attached hydrogen (secondary N) is 1. The maximum atomic E-state index is 12.1. The fourth-order valence-electron chi connectivity index (χ4n) is 1.50. The topological polar surface area (TPSA) is 85.1 Å². The molecule has 3 N–H and O–H groups in total. The monoisotopic (exact) mass is 341 g/mol. The van der Waals surface area contributed by atoms with Crippen molar-refractivity contribution >= 4 is 31.6 Å². The zero-order valence-electron chi connectivity index (χ0n) is 9.88. The normalized spacial score (nSPS) is 11.4. The molecular formula is C12H12BrN3O2S. The second-order valence-electron chi connectivity index (χ2n) is 3.87. The fraction of sp³-hybridized carbons (Fsp3) is 0.0833. The second-order valence-corrected chi connectivity index (χ2v) is 6.52. The minimum absolute atomic E-state index is 0.0609. The number of rotatable bonds is 4. The van der Waals surface area contributed by atoms with Crippen molar-refractivity contribution in [3.8, 4) is 0 Å². The van der Waals surface area contributed by atoms with Crippen molar-refractivity contribution in [1.82, 2.24) is 9.71 Å². The smallest absolute Gasteiger partial charge is 0.242 e. The lowest BCUT2D eigenvalue weighted by Gasteiger charge is -2.09. The van der Waals surface area contributed by atoms with Gasteiger partial charge in [0.1, 0.15) is 4.90 Å².